The van der Waals surface area contributed by atoms with Gasteiger partial charge in [0.1, 0.15) is 5.16 Å². The van der Waals surface area contributed by atoms with Gasteiger partial charge in [-0.2, -0.15) is 0 Å². The number of hydrogen-bond acceptors (Lipinski definition) is 2. The minimum Gasteiger partial charge on any atom is -0.342 e. The number of amides is 1. The number of carbonyl (C=O) groups excluding carboxylic acids is 1. The van der Waals surface area contributed by atoms with Crippen LogP contribution in [-0.2, 0) is 9.36 Å². The Balaban J connectivity index is 3.01. The number of rotatable bonds is 4. The summed E-state index contributed by atoms with van der Waals surface area (Å²) in [5.41, 5.74) is 0. The molecule has 1 saturated heterocycles. The fourth-order valence-electron chi connectivity index (χ4n) is 2.30. The summed E-state index contributed by atoms with van der Waals surface area (Å²) in [6, 6.07) is 0. The molecule has 0 radical (unpaired) electrons. The first kappa shape index (κ1) is 13.7. The minimum atomic E-state index is -4.41. The quantitative estimate of drug-likeness (QED) is 0.737. The molecule has 16 heavy (non-hydrogen) atoms. The van der Waals surface area contributed by atoms with Crippen molar-refractivity contribution in [3.63, 3.8) is 0 Å². The Labute approximate surface area is 96.0 Å². The minimum absolute atomic E-state index is 0.184. The Morgan fingerprint density at radius 2 is 1.69 bits per heavy atom. The van der Waals surface area contributed by atoms with E-state index in [1.807, 2.05) is 0 Å². The van der Waals surface area contributed by atoms with E-state index >= 15 is 0 Å². The van der Waals surface area contributed by atoms with E-state index in [1.165, 1.54) is 0 Å². The molecular weight excluding hydrogens is 229 g/mol. The van der Waals surface area contributed by atoms with Crippen molar-refractivity contribution < 1.29 is 19.1 Å². The molecule has 6 heteroatoms. The predicted molar refractivity (Wildman–Crippen MR) is 61.2 cm³/mol. The molecule has 94 valence electrons. The van der Waals surface area contributed by atoms with Crippen LogP contribution in [0.15, 0.2) is 0 Å². The molecule has 0 atom stereocenters. The van der Waals surface area contributed by atoms with E-state index in [0.29, 0.717) is 13.1 Å². The van der Waals surface area contributed by atoms with Crippen molar-refractivity contribution in [3.8, 4) is 0 Å². The predicted octanol–water partition coefficient (Wildman–Crippen LogP) is 1.35. The van der Waals surface area contributed by atoms with Gasteiger partial charge in [0, 0.05) is 13.1 Å². The SMILES string of the molecule is CCC(CC)(C(=O)N1CCCC1)P(=O)(O)O. The lowest BCUT2D eigenvalue weighted by atomic mass is 10.0. The van der Waals surface area contributed by atoms with Crippen LogP contribution < -0.4 is 0 Å². The summed E-state index contributed by atoms with van der Waals surface area (Å²) >= 11 is 0. The normalized spacial score (nSPS) is 17.9. The number of carbonyl (C=O) groups is 1. The van der Waals surface area contributed by atoms with Gasteiger partial charge in [-0.15, -0.1) is 0 Å². The van der Waals surface area contributed by atoms with Gasteiger partial charge in [-0.1, -0.05) is 13.8 Å². The molecule has 1 aliphatic rings. The van der Waals surface area contributed by atoms with Gasteiger partial charge in [0.15, 0.2) is 0 Å². The first-order valence-electron chi connectivity index (χ1n) is 5.74. The molecule has 2 N–H and O–H groups in total. The molecule has 1 fully saturated rings. The molecule has 1 amide bonds. The second kappa shape index (κ2) is 4.86. The molecule has 0 spiro atoms. The third-order valence-electron chi connectivity index (χ3n) is 3.52. The maximum atomic E-state index is 12.2. The van der Waals surface area contributed by atoms with Crippen LogP contribution in [0.2, 0.25) is 0 Å². The summed E-state index contributed by atoms with van der Waals surface area (Å²) in [5, 5.41) is -1.50. The first-order chi connectivity index (χ1) is 7.39. The third kappa shape index (κ3) is 2.17. The molecule has 0 saturated carbocycles. The maximum absolute atomic E-state index is 12.2. The van der Waals surface area contributed by atoms with Crippen molar-refractivity contribution in [2.75, 3.05) is 13.1 Å². The maximum Gasteiger partial charge on any atom is 0.340 e. The van der Waals surface area contributed by atoms with Crippen LogP contribution >= 0.6 is 7.60 Å². The zero-order chi connectivity index (χ0) is 12.4. The summed E-state index contributed by atoms with van der Waals surface area (Å²) in [4.78, 5) is 32.6. The highest BCUT2D eigenvalue weighted by Gasteiger charge is 2.52. The van der Waals surface area contributed by atoms with Gasteiger partial charge in [0.2, 0.25) is 5.91 Å². The van der Waals surface area contributed by atoms with Gasteiger partial charge < -0.3 is 14.7 Å². The Bertz CT molecular complexity index is 302. The van der Waals surface area contributed by atoms with E-state index in [1.54, 1.807) is 18.7 Å². The second-order valence-corrected chi connectivity index (χ2v) is 6.23. The largest absolute Gasteiger partial charge is 0.342 e. The van der Waals surface area contributed by atoms with E-state index < -0.39 is 12.8 Å². The Kier molecular flexibility index (Phi) is 4.16. The molecule has 0 unspecified atom stereocenters. The average molecular weight is 249 g/mol. The highest BCUT2D eigenvalue weighted by atomic mass is 31.2. The summed E-state index contributed by atoms with van der Waals surface area (Å²) in [6.07, 6.45) is 2.22. The van der Waals surface area contributed by atoms with Gasteiger partial charge in [0.25, 0.3) is 0 Å². The summed E-state index contributed by atoms with van der Waals surface area (Å²) in [5.74, 6) is -0.372. The third-order valence-corrected chi connectivity index (χ3v) is 5.46. The van der Waals surface area contributed by atoms with Crippen molar-refractivity contribution in [1.29, 1.82) is 0 Å². The lowest BCUT2D eigenvalue weighted by Crippen LogP contribution is -2.47. The topological polar surface area (TPSA) is 77.8 Å². The molecule has 0 aromatic rings. The fraction of sp³-hybridized carbons (Fsp3) is 0.900. The van der Waals surface area contributed by atoms with Gasteiger partial charge in [0.05, 0.1) is 0 Å². The standard InChI is InChI=1S/C10H20NO4P/c1-3-10(4-2,16(13,14)15)9(12)11-7-5-6-8-11/h3-8H2,1-2H3,(H2,13,14,15). The first-order valence-corrected chi connectivity index (χ1v) is 7.35. The molecule has 0 aromatic carbocycles. The van der Waals surface area contributed by atoms with E-state index in [9.17, 15) is 19.1 Å². The lowest BCUT2D eigenvalue weighted by Gasteiger charge is -2.34. The lowest BCUT2D eigenvalue weighted by molar-refractivity contribution is -0.133. The highest BCUT2D eigenvalue weighted by Crippen LogP contribution is 2.55. The van der Waals surface area contributed by atoms with Gasteiger partial charge in [-0.25, -0.2) is 0 Å². The van der Waals surface area contributed by atoms with Gasteiger partial charge in [-0.05, 0) is 25.7 Å². The average Bonchev–Trinajstić information content (AvgIpc) is 2.70. The molecular formula is C10H20NO4P. The zero-order valence-electron chi connectivity index (χ0n) is 9.85. The molecule has 0 bridgehead atoms. The van der Waals surface area contributed by atoms with Crippen LogP contribution in [-0.4, -0.2) is 38.8 Å². The second-order valence-electron chi connectivity index (χ2n) is 4.28. The van der Waals surface area contributed by atoms with E-state index in [2.05, 4.69) is 0 Å². The van der Waals surface area contributed by atoms with Crippen molar-refractivity contribution in [3.05, 3.63) is 0 Å². The van der Waals surface area contributed by atoms with Crippen LogP contribution in [0, 0.1) is 0 Å². The molecule has 1 heterocycles. The molecule has 1 rings (SSSR count). The number of hydrogen-bond donors (Lipinski definition) is 2. The molecule has 0 aliphatic carbocycles. The van der Waals surface area contributed by atoms with Crippen LogP contribution in [0.3, 0.4) is 0 Å². The Hall–Kier alpha value is -0.380. The zero-order valence-corrected chi connectivity index (χ0v) is 10.7. The monoisotopic (exact) mass is 249 g/mol. The Morgan fingerprint density at radius 3 is 2.00 bits per heavy atom. The van der Waals surface area contributed by atoms with E-state index in [0.717, 1.165) is 12.8 Å². The number of likely N-dealkylation sites (tertiary alicyclic amines) is 1. The van der Waals surface area contributed by atoms with Gasteiger partial charge in [-0.3, -0.25) is 9.36 Å². The van der Waals surface area contributed by atoms with Crippen molar-refractivity contribution >= 4 is 13.5 Å². The van der Waals surface area contributed by atoms with Crippen molar-refractivity contribution in [1.82, 2.24) is 4.90 Å². The van der Waals surface area contributed by atoms with Crippen LogP contribution in [0.1, 0.15) is 39.5 Å². The van der Waals surface area contributed by atoms with E-state index in [4.69, 9.17) is 0 Å². The highest BCUT2D eigenvalue weighted by molar-refractivity contribution is 7.54. The van der Waals surface area contributed by atoms with E-state index in [-0.39, 0.29) is 18.7 Å². The summed E-state index contributed by atoms with van der Waals surface area (Å²) in [6.45, 7) is 4.58. The van der Waals surface area contributed by atoms with Crippen LogP contribution in [0.5, 0.6) is 0 Å². The van der Waals surface area contributed by atoms with Crippen LogP contribution in [0.4, 0.5) is 0 Å². The van der Waals surface area contributed by atoms with Crippen LogP contribution in [0.25, 0.3) is 0 Å². The van der Waals surface area contributed by atoms with Crippen molar-refractivity contribution in [2.45, 2.75) is 44.7 Å². The fourth-order valence-corrected chi connectivity index (χ4v) is 3.52. The number of nitrogens with zero attached hydrogens (tertiary/aromatic N) is 1. The smallest absolute Gasteiger partial charge is 0.340 e. The van der Waals surface area contributed by atoms with Crippen molar-refractivity contribution in [2.24, 2.45) is 0 Å². The molecule has 1 aliphatic heterocycles. The summed E-state index contributed by atoms with van der Waals surface area (Å²) < 4.78 is 11.6. The summed E-state index contributed by atoms with van der Waals surface area (Å²) in [7, 11) is -4.41. The van der Waals surface area contributed by atoms with Gasteiger partial charge >= 0.3 is 7.60 Å². The molecule has 0 aromatic heterocycles. The Morgan fingerprint density at radius 1 is 1.25 bits per heavy atom. The molecule has 5 nitrogen and oxygen atoms in total.